The molecule has 0 aliphatic carbocycles. The van der Waals surface area contributed by atoms with Crippen molar-refractivity contribution >= 4 is 23.2 Å². The zero-order chi connectivity index (χ0) is 28.3. The van der Waals surface area contributed by atoms with Crippen LogP contribution in [0.5, 0.6) is 11.5 Å². The molecule has 0 N–H and O–H groups in total. The fourth-order valence-corrected chi connectivity index (χ4v) is 5.18. The summed E-state index contributed by atoms with van der Waals surface area (Å²) in [6, 6.07) is 15.6. The Morgan fingerprint density at radius 3 is 2.08 bits per heavy atom. The molecule has 2 heterocycles. The van der Waals surface area contributed by atoms with Crippen LogP contribution >= 0.6 is 12.2 Å². The summed E-state index contributed by atoms with van der Waals surface area (Å²) in [4.78, 5) is 2.53. The summed E-state index contributed by atoms with van der Waals surface area (Å²) in [5.74, 6) is 2.32. The van der Waals surface area contributed by atoms with E-state index in [9.17, 15) is 0 Å². The van der Waals surface area contributed by atoms with Crippen LogP contribution in [0.15, 0.2) is 52.9 Å². The number of hydrogen-bond donors (Lipinski definition) is 0. The monoisotopic (exact) mass is 541 g/mol. The first-order valence-corrected chi connectivity index (χ1v) is 14.3. The summed E-state index contributed by atoms with van der Waals surface area (Å²) in [6.07, 6.45) is 1.02. The summed E-state index contributed by atoms with van der Waals surface area (Å²) < 4.78 is 24.0. The smallest absolute Gasteiger partial charge is 0.139 e. The molecule has 3 aromatic rings. The van der Waals surface area contributed by atoms with Gasteiger partial charge in [-0.2, -0.15) is 0 Å². The molecule has 1 fully saturated rings. The van der Waals surface area contributed by atoms with Crippen LogP contribution in [-0.4, -0.2) is 50.5 Å². The molecule has 0 unspecified atom stereocenters. The molecule has 0 bridgehead atoms. The van der Waals surface area contributed by atoms with Gasteiger partial charge in [0.25, 0.3) is 0 Å². The van der Waals surface area contributed by atoms with E-state index in [-0.39, 0.29) is 11.0 Å². The Kier molecular flexibility index (Phi) is 12.3. The molecule has 1 saturated heterocycles. The predicted molar refractivity (Wildman–Crippen MR) is 162 cm³/mol. The van der Waals surface area contributed by atoms with Gasteiger partial charge in [0.05, 0.1) is 31.4 Å². The summed E-state index contributed by atoms with van der Waals surface area (Å²) >= 11 is 5.64. The maximum Gasteiger partial charge on any atom is 0.139 e. The topological polar surface area (TPSA) is 44.1 Å². The van der Waals surface area contributed by atoms with Crippen molar-refractivity contribution in [2.75, 3.05) is 40.0 Å². The molecule has 1 aliphatic heterocycles. The standard InChI is InChI=1S/C28H35NO4S.2C2H6/c1-27(2,18-28(3,4)29-12-14-31-15-13-29)19-32-22-10-11-23-25(16-22)33-24(17-26(23)34)20-6-8-21(30-5)9-7-20;2*1-2/h6-11,16-17H,12-15,18-19H2,1-5H3;2*1-2H3. The van der Waals surface area contributed by atoms with Gasteiger partial charge in [0.15, 0.2) is 0 Å². The van der Waals surface area contributed by atoms with Gasteiger partial charge in [-0.25, -0.2) is 0 Å². The molecule has 1 aliphatic rings. The largest absolute Gasteiger partial charge is 0.497 e. The maximum atomic E-state index is 6.27. The fraction of sp³-hybridized carbons (Fsp3) is 0.531. The van der Waals surface area contributed by atoms with E-state index in [0.29, 0.717) is 6.61 Å². The molecule has 38 heavy (non-hydrogen) atoms. The number of fused-ring (bicyclic) bond motifs is 1. The molecule has 0 spiro atoms. The second kappa shape index (κ2) is 14.7. The van der Waals surface area contributed by atoms with E-state index in [2.05, 4.69) is 32.6 Å². The van der Waals surface area contributed by atoms with E-state index in [1.54, 1.807) is 7.11 Å². The molecule has 0 atom stereocenters. The molecule has 0 radical (unpaired) electrons. The molecule has 210 valence electrons. The van der Waals surface area contributed by atoms with Crippen molar-refractivity contribution in [3.05, 3.63) is 53.0 Å². The van der Waals surface area contributed by atoms with Crippen molar-refractivity contribution in [1.82, 2.24) is 4.90 Å². The van der Waals surface area contributed by atoms with Crippen LogP contribution in [0.3, 0.4) is 0 Å². The Balaban J connectivity index is 0.00000121. The second-order valence-corrected chi connectivity index (χ2v) is 10.8. The number of methoxy groups -OCH3 is 1. The molecule has 2 aromatic carbocycles. The number of morpholine rings is 1. The van der Waals surface area contributed by atoms with Crippen molar-refractivity contribution < 1.29 is 18.6 Å². The summed E-state index contributed by atoms with van der Waals surface area (Å²) in [7, 11) is 1.66. The van der Waals surface area contributed by atoms with Gasteiger partial charge in [-0.1, -0.05) is 53.8 Å². The van der Waals surface area contributed by atoms with Crippen LogP contribution in [0.4, 0.5) is 0 Å². The molecule has 6 heteroatoms. The Bertz CT molecular complexity index is 1180. The minimum absolute atomic E-state index is 0.00201. The number of ether oxygens (including phenoxy) is 3. The highest BCUT2D eigenvalue weighted by Crippen LogP contribution is 2.34. The maximum absolute atomic E-state index is 6.27. The predicted octanol–water partition coefficient (Wildman–Crippen LogP) is 8.80. The number of rotatable bonds is 8. The normalized spacial score (nSPS) is 14.1. The van der Waals surface area contributed by atoms with Gasteiger partial charge >= 0.3 is 0 Å². The van der Waals surface area contributed by atoms with Gasteiger partial charge in [0, 0.05) is 47.1 Å². The lowest BCUT2D eigenvalue weighted by atomic mass is 9.79. The van der Waals surface area contributed by atoms with E-state index in [1.807, 2.05) is 76.2 Å². The highest BCUT2D eigenvalue weighted by molar-refractivity contribution is 7.71. The zero-order valence-corrected chi connectivity index (χ0v) is 25.7. The summed E-state index contributed by atoms with van der Waals surface area (Å²) in [5, 5.41) is 0.910. The quantitative estimate of drug-likeness (QED) is 0.266. The van der Waals surface area contributed by atoms with E-state index in [0.717, 1.165) is 71.0 Å². The first-order valence-electron chi connectivity index (χ1n) is 13.8. The molecule has 5 nitrogen and oxygen atoms in total. The van der Waals surface area contributed by atoms with Crippen LogP contribution < -0.4 is 9.47 Å². The minimum atomic E-state index is 0.00201. The first kappa shape index (κ1) is 31.8. The van der Waals surface area contributed by atoms with Crippen LogP contribution in [0.1, 0.15) is 61.8 Å². The number of benzene rings is 2. The van der Waals surface area contributed by atoms with Crippen LogP contribution in [0.25, 0.3) is 22.3 Å². The highest BCUT2D eigenvalue weighted by Gasteiger charge is 2.35. The van der Waals surface area contributed by atoms with Gasteiger partial charge in [-0.3, -0.25) is 4.90 Å². The fourth-order valence-electron chi connectivity index (χ4n) is 4.90. The van der Waals surface area contributed by atoms with Crippen LogP contribution in [0.2, 0.25) is 0 Å². The minimum Gasteiger partial charge on any atom is -0.497 e. The van der Waals surface area contributed by atoms with Crippen molar-refractivity contribution in [1.29, 1.82) is 0 Å². The zero-order valence-electron chi connectivity index (χ0n) is 24.8. The molecular weight excluding hydrogens is 494 g/mol. The van der Waals surface area contributed by atoms with Gasteiger partial charge in [-0.15, -0.1) is 0 Å². The third kappa shape index (κ3) is 8.55. The highest BCUT2D eigenvalue weighted by atomic mass is 32.1. The number of nitrogens with zero attached hydrogens (tertiary/aromatic N) is 1. The average molecular weight is 542 g/mol. The lowest BCUT2D eigenvalue weighted by Gasteiger charge is -2.44. The van der Waals surface area contributed by atoms with Gasteiger partial charge in [-0.05, 0) is 56.7 Å². The third-order valence-corrected chi connectivity index (χ3v) is 6.82. The van der Waals surface area contributed by atoms with Gasteiger partial charge < -0.3 is 18.6 Å². The van der Waals surface area contributed by atoms with Crippen molar-refractivity contribution in [2.45, 2.75) is 67.3 Å². The van der Waals surface area contributed by atoms with Crippen molar-refractivity contribution in [2.24, 2.45) is 5.41 Å². The van der Waals surface area contributed by atoms with Crippen LogP contribution in [0, 0.1) is 9.93 Å². The van der Waals surface area contributed by atoms with Gasteiger partial charge in [0.1, 0.15) is 22.8 Å². The molecule has 4 rings (SSSR count). The number of hydrogen-bond acceptors (Lipinski definition) is 6. The Hall–Kier alpha value is -2.41. The summed E-state index contributed by atoms with van der Waals surface area (Å²) in [5.41, 5.74) is 1.76. The molecule has 1 aromatic heterocycles. The average Bonchev–Trinajstić information content (AvgIpc) is 2.94. The Morgan fingerprint density at radius 2 is 1.47 bits per heavy atom. The third-order valence-electron chi connectivity index (χ3n) is 6.48. The lowest BCUT2D eigenvalue weighted by molar-refractivity contribution is -0.0288. The van der Waals surface area contributed by atoms with Crippen molar-refractivity contribution in [3.63, 3.8) is 0 Å². The molecule has 0 amide bonds. The van der Waals surface area contributed by atoms with E-state index in [4.69, 9.17) is 30.8 Å². The van der Waals surface area contributed by atoms with E-state index < -0.39 is 0 Å². The Morgan fingerprint density at radius 1 is 0.868 bits per heavy atom. The van der Waals surface area contributed by atoms with Gasteiger partial charge in [0.2, 0.25) is 0 Å². The molecular formula is C32H47NO4S. The SMILES string of the molecule is CC.CC.COc1ccc(-c2cc(=S)c3ccc(OCC(C)(C)CC(C)(C)N4CCOCC4)cc3o2)cc1. The van der Waals surface area contributed by atoms with E-state index >= 15 is 0 Å². The van der Waals surface area contributed by atoms with Crippen LogP contribution in [-0.2, 0) is 4.74 Å². The second-order valence-electron chi connectivity index (χ2n) is 10.4. The first-order chi connectivity index (χ1) is 18.2. The van der Waals surface area contributed by atoms with E-state index in [1.165, 1.54) is 0 Å². The lowest BCUT2D eigenvalue weighted by Crippen LogP contribution is -2.52. The van der Waals surface area contributed by atoms with Crippen molar-refractivity contribution in [3.8, 4) is 22.8 Å². The molecule has 0 saturated carbocycles. The summed E-state index contributed by atoms with van der Waals surface area (Å²) in [6.45, 7) is 21.4. The Labute approximate surface area is 235 Å².